The van der Waals surface area contributed by atoms with Gasteiger partial charge in [-0.15, -0.1) is 0 Å². The summed E-state index contributed by atoms with van der Waals surface area (Å²) in [6.07, 6.45) is 2.53. The van der Waals surface area contributed by atoms with Crippen molar-refractivity contribution in [2.75, 3.05) is 31.2 Å². The third-order valence-electron chi connectivity index (χ3n) is 3.67. The fourth-order valence-corrected chi connectivity index (χ4v) is 4.49. The van der Waals surface area contributed by atoms with Gasteiger partial charge in [-0.05, 0) is 26.2 Å². The van der Waals surface area contributed by atoms with Crippen LogP contribution < -0.4 is 0 Å². The van der Waals surface area contributed by atoms with Gasteiger partial charge in [0.05, 0.1) is 23.5 Å². The Balaban J connectivity index is 1.93. The molecular formula is C12H21NO4S. The summed E-state index contributed by atoms with van der Waals surface area (Å²) in [6.45, 7) is 3.96. The number of amides is 1. The lowest BCUT2D eigenvalue weighted by Gasteiger charge is -2.33. The second-order valence-electron chi connectivity index (χ2n) is 5.10. The predicted molar refractivity (Wildman–Crippen MR) is 68.0 cm³/mol. The highest BCUT2D eigenvalue weighted by atomic mass is 32.2. The standard InChI is InChI=1S/C12H21NO4S/c1-2-17-11-4-3-6-13(8-11)12(14)10-5-7-18(15,16)9-10/h10-11H,2-9H2,1H3. The van der Waals surface area contributed by atoms with Gasteiger partial charge in [0.1, 0.15) is 0 Å². The minimum Gasteiger partial charge on any atom is -0.377 e. The number of ether oxygens (including phenoxy) is 1. The molecule has 0 aromatic carbocycles. The van der Waals surface area contributed by atoms with Crippen molar-refractivity contribution in [1.82, 2.24) is 4.90 Å². The summed E-state index contributed by atoms with van der Waals surface area (Å²) in [7, 11) is -2.98. The van der Waals surface area contributed by atoms with Gasteiger partial charge in [-0.2, -0.15) is 0 Å². The zero-order valence-electron chi connectivity index (χ0n) is 10.8. The summed E-state index contributed by atoms with van der Waals surface area (Å²) < 4.78 is 28.4. The molecule has 0 bridgehead atoms. The van der Waals surface area contributed by atoms with Crippen molar-refractivity contribution in [2.45, 2.75) is 32.3 Å². The number of hydrogen-bond donors (Lipinski definition) is 0. The van der Waals surface area contributed by atoms with Crippen LogP contribution in [0.4, 0.5) is 0 Å². The Bertz CT molecular complexity index is 404. The van der Waals surface area contributed by atoms with Crippen LogP contribution in [0.2, 0.25) is 0 Å². The Hall–Kier alpha value is -0.620. The molecule has 2 atom stereocenters. The van der Waals surface area contributed by atoms with Crippen molar-refractivity contribution < 1.29 is 17.9 Å². The molecule has 5 nitrogen and oxygen atoms in total. The topological polar surface area (TPSA) is 63.7 Å². The van der Waals surface area contributed by atoms with Gasteiger partial charge in [-0.25, -0.2) is 8.42 Å². The quantitative estimate of drug-likeness (QED) is 0.750. The van der Waals surface area contributed by atoms with E-state index in [4.69, 9.17) is 4.74 Å². The van der Waals surface area contributed by atoms with E-state index in [9.17, 15) is 13.2 Å². The molecule has 0 spiro atoms. The molecule has 104 valence electrons. The van der Waals surface area contributed by atoms with Gasteiger partial charge in [0.15, 0.2) is 9.84 Å². The van der Waals surface area contributed by atoms with Gasteiger partial charge in [-0.3, -0.25) is 4.79 Å². The predicted octanol–water partition coefficient (Wildman–Crippen LogP) is 0.449. The summed E-state index contributed by atoms with van der Waals surface area (Å²) in [5, 5.41) is 0. The SMILES string of the molecule is CCOC1CCCN(C(=O)C2CCS(=O)(=O)C2)C1. The summed E-state index contributed by atoms with van der Waals surface area (Å²) in [4.78, 5) is 14.0. The molecule has 2 aliphatic rings. The molecule has 2 rings (SSSR count). The van der Waals surface area contributed by atoms with E-state index in [1.165, 1.54) is 0 Å². The Morgan fingerprint density at radius 3 is 2.78 bits per heavy atom. The van der Waals surface area contributed by atoms with Gasteiger partial charge in [0.25, 0.3) is 0 Å². The van der Waals surface area contributed by atoms with Crippen molar-refractivity contribution in [3.8, 4) is 0 Å². The maximum absolute atomic E-state index is 12.2. The number of piperidine rings is 1. The second-order valence-corrected chi connectivity index (χ2v) is 7.33. The fourth-order valence-electron chi connectivity index (χ4n) is 2.76. The van der Waals surface area contributed by atoms with Crippen molar-refractivity contribution in [1.29, 1.82) is 0 Å². The first-order valence-electron chi connectivity index (χ1n) is 6.62. The molecular weight excluding hydrogens is 254 g/mol. The normalized spacial score (nSPS) is 31.5. The van der Waals surface area contributed by atoms with E-state index in [1.54, 1.807) is 4.90 Å². The maximum atomic E-state index is 12.2. The molecule has 2 fully saturated rings. The number of carbonyl (C=O) groups is 1. The molecule has 0 aromatic heterocycles. The summed E-state index contributed by atoms with van der Waals surface area (Å²) in [6, 6.07) is 0. The highest BCUT2D eigenvalue weighted by Gasteiger charge is 2.36. The molecule has 18 heavy (non-hydrogen) atoms. The van der Waals surface area contributed by atoms with Crippen LogP contribution in [0.15, 0.2) is 0 Å². The summed E-state index contributed by atoms with van der Waals surface area (Å²) in [5.41, 5.74) is 0. The lowest BCUT2D eigenvalue weighted by Crippen LogP contribution is -2.46. The number of rotatable bonds is 3. The molecule has 0 aliphatic carbocycles. The van der Waals surface area contributed by atoms with Crippen LogP contribution >= 0.6 is 0 Å². The Kier molecular flexibility index (Phi) is 4.27. The van der Waals surface area contributed by atoms with Crippen molar-refractivity contribution in [2.24, 2.45) is 5.92 Å². The Labute approximate surface area is 108 Å². The van der Waals surface area contributed by atoms with Crippen LogP contribution in [-0.4, -0.2) is 56.5 Å². The smallest absolute Gasteiger partial charge is 0.226 e. The van der Waals surface area contributed by atoms with Gasteiger partial charge in [0.2, 0.25) is 5.91 Å². The Morgan fingerprint density at radius 2 is 2.17 bits per heavy atom. The lowest BCUT2D eigenvalue weighted by atomic mass is 10.0. The van der Waals surface area contributed by atoms with E-state index in [-0.39, 0.29) is 29.4 Å². The van der Waals surface area contributed by atoms with Crippen LogP contribution in [0.5, 0.6) is 0 Å². The van der Waals surface area contributed by atoms with Gasteiger partial charge >= 0.3 is 0 Å². The van der Waals surface area contributed by atoms with Gasteiger partial charge in [0, 0.05) is 19.7 Å². The van der Waals surface area contributed by atoms with Crippen LogP contribution in [0.3, 0.4) is 0 Å². The average molecular weight is 275 g/mol. The van der Waals surface area contributed by atoms with E-state index < -0.39 is 9.84 Å². The van der Waals surface area contributed by atoms with Gasteiger partial charge in [-0.1, -0.05) is 0 Å². The first-order chi connectivity index (χ1) is 8.52. The molecule has 0 N–H and O–H groups in total. The molecule has 6 heteroatoms. The minimum absolute atomic E-state index is 0.000443. The average Bonchev–Trinajstić information content (AvgIpc) is 2.70. The lowest BCUT2D eigenvalue weighted by molar-refractivity contribution is -0.138. The molecule has 2 unspecified atom stereocenters. The molecule has 2 saturated heterocycles. The summed E-state index contributed by atoms with van der Waals surface area (Å²) in [5.74, 6) is -0.135. The molecule has 0 aromatic rings. The first kappa shape index (κ1) is 13.8. The maximum Gasteiger partial charge on any atom is 0.226 e. The van der Waals surface area contributed by atoms with E-state index >= 15 is 0 Å². The zero-order valence-corrected chi connectivity index (χ0v) is 11.6. The highest BCUT2D eigenvalue weighted by Crippen LogP contribution is 2.23. The number of sulfone groups is 1. The molecule has 2 heterocycles. The van der Waals surface area contributed by atoms with Crippen molar-refractivity contribution >= 4 is 15.7 Å². The monoisotopic (exact) mass is 275 g/mol. The van der Waals surface area contributed by atoms with Crippen LogP contribution in [0, 0.1) is 5.92 Å². The largest absolute Gasteiger partial charge is 0.377 e. The third-order valence-corrected chi connectivity index (χ3v) is 5.44. The van der Waals surface area contributed by atoms with Crippen molar-refractivity contribution in [3.05, 3.63) is 0 Å². The third kappa shape index (κ3) is 3.23. The summed E-state index contributed by atoms with van der Waals surface area (Å²) >= 11 is 0. The molecule has 0 radical (unpaired) electrons. The van der Waals surface area contributed by atoms with E-state index in [2.05, 4.69) is 0 Å². The molecule has 0 saturated carbocycles. The molecule has 1 amide bonds. The molecule has 2 aliphatic heterocycles. The fraction of sp³-hybridized carbons (Fsp3) is 0.917. The number of carbonyl (C=O) groups excluding carboxylic acids is 1. The minimum atomic E-state index is -2.98. The van der Waals surface area contributed by atoms with E-state index in [0.717, 1.165) is 19.4 Å². The van der Waals surface area contributed by atoms with Crippen LogP contribution in [-0.2, 0) is 19.4 Å². The van der Waals surface area contributed by atoms with Crippen molar-refractivity contribution in [3.63, 3.8) is 0 Å². The number of nitrogens with zero attached hydrogens (tertiary/aromatic N) is 1. The first-order valence-corrected chi connectivity index (χ1v) is 8.45. The Morgan fingerprint density at radius 1 is 1.39 bits per heavy atom. The highest BCUT2D eigenvalue weighted by molar-refractivity contribution is 7.91. The number of likely N-dealkylation sites (tertiary alicyclic amines) is 1. The van der Waals surface area contributed by atoms with E-state index in [1.807, 2.05) is 6.92 Å². The van der Waals surface area contributed by atoms with Crippen LogP contribution in [0.25, 0.3) is 0 Å². The van der Waals surface area contributed by atoms with Gasteiger partial charge < -0.3 is 9.64 Å². The zero-order chi connectivity index (χ0) is 13.2. The number of hydrogen-bond acceptors (Lipinski definition) is 4. The van der Waals surface area contributed by atoms with E-state index in [0.29, 0.717) is 19.6 Å². The second kappa shape index (κ2) is 5.57. The van der Waals surface area contributed by atoms with Crippen LogP contribution in [0.1, 0.15) is 26.2 Å².